The van der Waals surface area contributed by atoms with Crippen molar-refractivity contribution in [2.75, 3.05) is 19.7 Å². The summed E-state index contributed by atoms with van der Waals surface area (Å²) in [5.74, 6) is -0.0132. The summed E-state index contributed by atoms with van der Waals surface area (Å²) in [5, 5.41) is 11.4. The highest BCUT2D eigenvalue weighted by molar-refractivity contribution is 5.88. The van der Waals surface area contributed by atoms with Crippen LogP contribution >= 0.6 is 0 Å². The first-order valence-corrected chi connectivity index (χ1v) is 6.05. The van der Waals surface area contributed by atoms with Crippen molar-refractivity contribution in [3.05, 3.63) is 0 Å². The van der Waals surface area contributed by atoms with Gasteiger partial charge in [0.25, 0.3) is 5.91 Å². The standard InChI is InChI=1S/C11H21N3O3/c1-2-6-14(8-10(12)13-16)11(15)9-5-3-4-7-17-9/h9,16H,2-8H2,1H3,(H2,12,13). The van der Waals surface area contributed by atoms with Crippen molar-refractivity contribution in [2.45, 2.75) is 38.7 Å². The molecular weight excluding hydrogens is 222 g/mol. The second-order valence-corrected chi connectivity index (χ2v) is 4.21. The summed E-state index contributed by atoms with van der Waals surface area (Å²) in [4.78, 5) is 13.7. The zero-order valence-electron chi connectivity index (χ0n) is 10.3. The monoisotopic (exact) mass is 243 g/mol. The number of nitrogens with two attached hydrogens (primary N) is 1. The molecule has 1 atom stereocenters. The number of carbonyl (C=O) groups excluding carboxylic acids is 1. The Morgan fingerprint density at radius 2 is 2.35 bits per heavy atom. The van der Waals surface area contributed by atoms with Crippen LogP contribution < -0.4 is 5.73 Å². The van der Waals surface area contributed by atoms with Crippen molar-refractivity contribution in [3.63, 3.8) is 0 Å². The normalized spacial score (nSPS) is 21.2. The highest BCUT2D eigenvalue weighted by Gasteiger charge is 2.26. The van der Waals surface area contributed by atoms with Crippen LogP contribution in [-0.2, 0) is 9.53 Å². The zero-order valence-corrected chi connectivity index (χ0v) is 10.3. The van der Waals surface area contributed by atoms with E-state index in [4.69, 9.17) is 15.7 Å². The maximum Gasteiger partial charge on any atom is 0.252 e. The molecule has 0 spiro atoms. The second kappa shape index (κ2) is 7.11. The molecule has 0 saturated carbocycles. The number of rotatable bonds is 5. The lowest BCUT2D eigenvalue weighted by Crippen LogP contribution is -2.46. The first kappa shape index (κ1) is 13.8. The lowest BCUT2D eigenvalue weighted by Gasteiger charge is -2.28. The molecule has 1 aliphatic heterocycles. The number of carbonyl (C=O) groups is 1. The number of hydrogen-bond donors (Lipinski definition) is 2. The van der Waals surface area contributed by atoms with Gasteiger partial charge in [0.15, 0.2) is 5.84 Å². The van der Waals surface area contributed by atoms with Crippen molar-refractivity contribution < 1.29 is 14.7 Å². The van der Waals surface area contributed by atoms with Gasteiger partial charge in [-0.15, -0.1) is 0 Å². The molecule has 1 amide bonds. The third-order valence-corrected chi connectivity index (χ3v) is 2.74. The lowest BCUT2D eigenvalue weighted by molar-refractivity contribution is -0.145. The van der Waals surface area contributed by atoms with Gasteiger partial charge >= 0.3 is 0 Å². The Hall–Kier alpha value is -1.30. The molecule has 6 nitrogen and oxygen atoms in total. The van der Waals surface area contributed by atoms with Crippen LogP contribution in [0.1, 0.15) is 32.6 Å². The van der Waals surface area contributed by atoms with Gasteiger partial charge in [-0.05, 0) is 25.7 Å². The van der Waals surface area contributed by atoms with Crippen molar-refractivity contribution in [1.82, 2.24) is 4.90 Å². The van der Waals surface area contributed by atoms with E-state index in [-0.39, 0.29) is 24.4 Å². The minimum atomic E-state index is -0.359. The Kier molecular flexibility index (Phi) is 5.76. The van der Waals surface area contributed by atoms with Crippen molar-refractivity contribution in [3.8, 4) is 0 Å². The molecule has 98 valence electrons. The highest BCUT2D eigenvalue weighted by atomic mass is 16.5. The Bertz CT molecular complexity index is 275. The Balaban J connectivity index is 2.58. The summed E-state index contributed by atoms with van der Waals surface area (Å²) in [5.41, 5.74) is 5.44. The average molecular weight is 243 g/mol. The van der Waals surface area contributed by atoms with Crippen LogP contribution in [0.2, 0.25) is 0 Å². The van der Waals surface area contributed by atoms with Gasteiger partial charge in [-0.1, -0.05) is 12.1 Å². The molecule has 0 aliphatic carbocycles. The van der Waals surface area contributed by atoms with Crippen LogP contribution in [0, 0.1) is 0 Å². The van der Waals surface area contributed by atoms with Gasteiger partial charge in [0.2, 0.25) is 0 Å². The van der Waals surface area contributed by atoms with Crippen LogP contribution in [-0.4, -0.2) is 47.7 Å². The first-order chi connectivity index (χ1) is 8.19. The van der Waals surface area contributed by atoms with Crippen LogP contribution in [0.25, 0.3) is 0 Å². The molecule has 0 aromatic heterocycles. The maximum atomic E-state index is 12.1. The van der Waals surface area contributed by atoms with Gasteiger partial charge in [-0.25, -0.2) is 0 Å². The number of nitrogens with zero attached hydrogens (tertiary/aromatic N) is 2. The Morgan fingerprint density at radius 3 is 2.88 bits per heavy atom. The fraction of sp³-hybridized carbons (Fsp3) is 0.818. The molecule has 1 heterocycles. The van der Waals surface area contributed by atoms with Crippen molar-refractivity contribution in [2.24, 2.45) is 10.9 Å². The number of amidine groups is 1. The minimum absolute atomic E-state index is 0.0441. The van der Waals surface area contributed by atoms with E-state index in [2.05, 4.69) is 5.16 Å². The number of ether oxygens (including phenoxy) is 1. The lowest BCUT2D eigenvalue weighted by atomic mass is 10.1. The summed E-state index contributed by atoms with van der Waals surface area (Å²) in [6, 6.07) is 0. The molecule has 0 aromatic rings. The van der Waals surface area contributed by atoms with Gasteiger partial charge in [0.1, 0.15) is 6.10 Å². The molecule has 6 heteroatoms. The SMILES string of the molecule is CCCN(CC(N)=NO)C(=O)C1CCCCO1. The smallest absolute Gasteiger partial charge is 0.252 e. The molecule has 1 rings (SSSR count). The largest absolute Gasteiger partial charge is 0.409 e. The number of amides is 1. The van der Waals surface area contributed by atoms with E-state index in [1.165, 1.54) is 0 Å². The van der Waals surface area contributed by atoms with Gasteiger partial charge in [-0.3, -0.25) is 4.79 Å². The van der Waals surface area contributed by atoms with E-state index in [9.17, 15) is 4.79 Å². The van der Waals surface area contributed by atoms with E-state index in [1.807, 2.05) is 6.92 Å². The summed E-state index contributed by atoms with van der Waals surface area (Å²) >= 11 is 0. The molecule has 17 heavy (non-hydrogen) atoms. The predicted molar refractivity (Wildman–Crippen MR) is 63.9 cm³/mol. The minimum Gasteiger partial charge on any atom is -0.409 e. The quantitative estimate of drug-likeness (QED) is 0.319. The summed E-state index contributed by atoms with van der Waals surface area (Å²) in [7, 11) is 0. The Morgan fingerprint density at radius 1 is 1.59 bits per heavy atom. The van der Waals surface area contributed by atoms with Crippen molar-refractivity contribution in [1.29, 1.82) is 0 Å². The topological polar surface area (TPSA) is 88.1 Å². The average Bonchev–Trinajstić information content (AvgIpc) is 2.38. The van der Waals surface area contributed by atoms with E-state index < -0.39 is 0 Å². The first-order valence-electron chi connectivity index (χ1n) is 6.05. The van der Waals surface area contributed by atoms with Gasteiger partial charge in [0, 0.05) is 13.2 Å². The number of oxime groups is 1. The molecule has 0 bridgehead atoms. The molecular formula is C11H21N3O3. The van der Waals surface area contributed by atoms with Crippen LogP contribution in [0.3, 0.4) is 0 Å². The Labute approximate surface area is 101 Å². The van der Waals surface area contributed by atoms with E-state index in [0.717, 1.165) is 25.7 Å². The fourth-order valence-corrected chi connectivity index (χ4v) is 1.90. The van der Waals surface area contributed by atoms with Crippen LogP contribution in [0.4, 0.5) is 0 Å². The number of hydrogen-bond acceptors (Lipinski definition) is 4. The molecule has 0 aromatic carbocycles. The van der Waals surface area contributed by atoms with E-state index in [0.29, 0.717) is 13.2 Å². The molecule has 1 fully saturated rings. The van der Waals surface area contributed by atoms with E-state index >= 15 is 0 Å². The van der Waals surface area contributed by atoms with Gasteiger partial charge in [0.05, 0.1) is 6.54 Å². The molecule has 3 N–H and O–H groups in total. The van der Waals surface area contributed by atoms with Gasteiger partial charge in [-0.2, -0.15) is 0 Å². The summed E-state index contributed by atoms with van der Waals surface area (Å²) < 4.78 is 5.45. The molecule has 1 saturated heterocycles. The molecule has 1 aliphatic rings. The molecule has 0 radical (unpaired) electrons. The van der Waals surface area contributed by atoms with Gasteiger partial charge < -0.3 is 20.6 Å². The fourth-order valence-electron chi connectivity index (χ4n) is 1.90. The summed E-state index contributed by atoms with van der Waals surface area (Å²) in [6.07, 6.45) is 3.26. The second-order valence-electron chi connectivity index (χ2n) is 4.21. The van der Waals surface area contributed by atoms with E-state index in [1.54, 1.807) is 4.90 Å². The maximum absolute atomic E-state index is 12.1. The molecule has 1 unspecified atom stereocenters. The third kappa shape index (κ3) is 4.22. The third-order valence-electron chi connectivity index (χ3n) is 2.74. The van der Waals surface area contributed by atoms with Crippen LogP contribution in [0.15, 0.2) is 5.16 Å². The van der Waals surface area contributed by atoms with Crippen LogP contribution in [0.5, 0.6) is 0 Å². The summed E-state index contributed by atoms with van der Waals surface area (Å²) in [6.45, 7) is 3.37. The highest BCUT2D eigenvalue weighted by Crippen LogP contribution is 2.15. The predicted octanol–water partition coefficient (Wildman–Crippen LogP) is 0.540. The van der Waals surface area contributed by atoms with Crippen molar-refractivity contribution >= 4 is 11.7 Å². The zero-order chi connectivity index (χ0) is 12.7.